The predicted molar refractivity (Wildman–Crippen MR) is 158 cm³/mol. The third-order valence-electron chi connectivity index (χ3n) is 7.58. The highest BCUT2D eigenvalue weighted by atomic mass is 19.4. The maximum Gasteiger partial charge on any atom is 0.417 e. The second-order valence-corrected chi connectivity index (χ2v) is 10.7. The number of phenolic OH excluding ortho intramolecular Hbond substituents is 2. The van der Waals surface area contributed by atoms with Gasteiger partial charge in [-0.3, -0.25) is 0 Å². The van der Waals surface area contributed by atoms with Crippen molar-refractivity contribution >= 4 is 0 Å². The van der Waals surface area contributed by atoms with Crippen LogP contribution in [-0.2, 0) is 38.0 Å². The summed E-state index contributed by atoms with van der Waals surface area (Å²) in [7, 11) is 0. The maximum atomic E-state index is 14.2. The van der Waals surface area contributed by atoms with E-state index in [4.69, 9.17) is 0 Å². The lowest BCUT2D eigenvalue weighted by Crippen LogP contribution is -2.14. The highest BCUT2D eigenvalue weighted by molar-refractivity contribution is 5.79. The Kier molecular flexibility index (Phi) is 8.72. The fourth-order valence-electron chi connectivity index (χ4n) is 5.15. The van der Waals surface area contributed by atoms with Gasteiger partial charge in [0.25, 0.3) is 0 Å². The molecule has 2 nitrogen and oxygen atoms in total. The van der Waals surface area contributed by atoms with E-state index in [1.54, 1.807) is 72.8 Å². The quantitative estimate of drug-likeness (QED) is 0.173. The molecule has 0 radical (unpaired) electrons. The molecule has 0 aliphatic heterocycles. The number of benzene rings is 5. The van der Waals surface area contributed by atoms with Crippen LogP contribution in [0.2, 0.25) is 0 Å². The number of aromatic hydroxyl groups is 2. The normalized spacial score (nSPS) is 12.0. The standard InChI is InChI=1S/C36H28F6O2/c37-35(38,39)33-22-34(36(40,41)42)32(28-15-7-24(8-16-28)2-4-26-11-19-30(44)20-12-26)21-31(33)27-13-5-23(6-14-27)1-3-25-9-17-29(43)18-10-25/h5-22,43-44H,1-4H2. The van der Waals surface area contributed by atoms with Crippen molar-refractivity contribution in [3.63, 3.8) is 0 Å². The van der Waals surface area contributed by atoms with Crippen LogP contribution in [0.4, 0.5) is 26.3 Å². The van der Waals surface area contributed by atoms with Gasteiger partial charge in [0.2, 0.25) is 0 Å². The fraction of sp³-hybridized carbons (Fsp3) is 0.167. The molecule has 5 rings (SSSR count). The number of phenols is 2. The van der Waals surface area contributed by atoms with Gasteiger partial charge in [0, 0.05) is 0 Å². The van der Waals surface area contributed by atoms with Crippen LogP contribution in [0.3, 0.4) is 0 Å². The number of hydrogen-bond acceptors (Lipinski definition) is 2. The summed E-state index contributed by atoms with van der Waals surface area (Å²) in [5, 5.41) is 18.9. The molecule has 0 unspecified atom stereocenters. The molecule has 0 fully saturated rings. The Morgan fingerprint density at radius 3 is 0.932 bits per heavy atom. The zero-order valence-corrected chi connectivity index (χ0v) is 23.4. The zero-order valence-electron chi connectivity index (χ0n) is 23.4. The van der Waals surface area contributed by atoms with Crippen LogP contribution in [0, 0.1) is 0 Å². The van der Waals surface area contributed by atoms with Gasteiger partial charge in [-0.05, 0) is 107 Å². The number of aryl methyl sites for hydroxylation is 4. The van der Waals surface area contributed by atoms with E-state index in [0.717, 1.165) is 28.3 Å². The van der Waals surface area contributed by atoms with E-state index in [-0.39, 0.29) is 39.8 Å². The second-order valence-electron chi connectivity index (χ2n) is 10.7. The summed E-state index contributed by atoms with van der Waals surface area (Å²) >= 11 is 0. The van der Waals surface area contributed by atoms with Crippen molar-refractivity contribution in [2.75, 3.05) is 0 Å². The largest absolute Gasteiger partial charge is 0.508 e. The molecule has 0 aliphatic rings. The van der Waals surface area contributed by atoms with E-state index >= 15 is 0 Å². The Morgan fingerprint density at radius 2 is 0.659 bits per heavy atom. The summed E-state index contributed by atoms with van der Waals surface area (Å²) in [4.78, 5) is 0. The first-order chi connectivity index (χ1) is 20.9. The molecule has 226 valence electrons. The van der Waals surface area contributed by atoms with E-state index in [1.807, 2.05) is 0 Å². The Morgan fingerprint density at radius 1 is 0.386 bits per heavy atom. The minimum absolute atomic E-state index is 0.149. The molecule has 0 heterocycles. The Labute approximate surface area is 250 Å². The lowest BCUT2D eigenvalue weighted by Gasteiger charge is -2.20. The summed E-state index contributed by atoms with van der Waals surface area (Å²) in [5.41, 5.74) is 0.610. The van der Waals surface area contributed by atoms with Gasteiger partial charge in [0.15, 0.2) is 0 Å². The number of halogens is 6. The second kappa shape index (κ2) is 12.5. The molecule has 44 heavy (non-hydrogen) atoms. The first-order valence-corrected chi connectivity index (χ1v) is 13.9. The van der Waals surface area contributed by atoms with Crippen LogP contribution in [0.25, 0.3) is 22.3 Å². The van der Waals surface area contributed by atoms with Gasteiger partial charge < -0.3 is 10.2 Å². The fourth-order valence-corrected chi connectivity index (χ4v) is 5.15. The average Bonchev–Trinajstić information content (AvgIpc) is 2.99. The summed E-state index contributed by atoms with van der Waals surface area (Å²) in [5.74, 6) is 0.298. The van der Waals surface area contributed by atoms with Crippen molar-refractivity contribution in [1.82, 2.24) is 0 Å². The minimum atomic E-state index is -5.01. The highest BCUT2D eigenvalue weighted by Gasteiger charge is 2.40. The maximum absolute atomic E-state index is 14.2. The summed E-state index contributed by atoms with van der Waals surface area (Å²) in [6, 6.07) is 27.3. The topological polar surface area (TPSA) is 40.5 Å². The molecular weight excluding hydrogens is 578 g/mol. The molecule has 0 amide bonds. The molecular formula is C36H28F6O2. The van der Waals surface area contributed by atoms with E-state index in [0.29, 0.717) is 25.7 Å². The molecule has 0 aromatic heterocycles. The van der Waals surface area contributed by atoms with Crippen LogP contribution < -0.4 is 0 Å². The van der Waals surface area contributed by atoms with Gasteiger partial charge in [-0.1, -0.05) is 72.8 Å². The van der Waals surface area contributed by atoms with E-state index in [1.165, 1.54) is 24.3 Å². The Balaban J connectivity index is 1.46. The van der Waals surface area contributed by atoms with Gasteiger partial charge in [0.1, 0.15) is 11.5 Å². The van der Waals surface area contributed by atoms with Crippen molar-refractivity contribution < 1.29 is 36.6 Å². The highest BCUT2D eigenvalue weighted by Crippen LogP contribution is 2.45. The zero-order chi connectivity index (χ0) is 31.5. The number of alkyl halides is 6. The molecule has 0 saturated carbocycles. The molecule has 0 spiro atoms. The third kappa shape index (κ3) is 7.43. The molecule has 5 aromatic carbocycles. The first kappa shape index (κ1) is 30.7. The van der Waals surface area contributed by atoms with Crippen LogP contribution in [0.5, 0.6) is 11.5 Å². The number of rotatable bonds is 8. The summed E-state index contributed by atoms with van der Waals surface area (Å²) < 4.78 is 84.9. The SMILES string of the molecule is Oc1ccc(CCc2ccc(-c3cc(-c4ccc(CCc5ccc(O)cc5)cc4)c(C(F)(F)F)cc3C(F)(F)F)cc2)cc1. The molecule has 8 heteroatoms. The summed E-state index contributed by atoms with van der Waals surface area (Å²) in [6.45, 7) is 0. The minimum Gasteiger partial charge on any atom is -0.508 e. The van der Waals surface area contributed by atoms with Crippen LogP contribution in [-0.4, -0.2) is 10.2 Å². The van der Waals surface area contributed by atoms with Crippen LogP contribution in [0.15, 0.2) is 109 Å². The molecule has 0 saturated heterocycles. The van der Waals surface area contributed by atoms with E-state index < -0.39 is 23.5 Å². The molecule has 0 aliphatic carbocycles. The Hall–Kier alpha value is -4.72. The van der Waals surface area contributed by atoms with Gasteiger partial charge in [-0.25, -0.2) is 0 Å². The van der Waals surface area contributed by atoms with Crippen LogP contribution in [0.1, 0.15) is 33.4 Å². The van der Waals surface area contributed by atoms with Gasteiger partial charge in [0.05, 0.1) is 11.1 Å². The predicted octanol–water partition coefficient (Wildman–Crippen LogP) is 10.0. The van der Waals surface area contributed by atoms with Crippen molar-refractivity contribution in [1.29, 1.82) is 0 Å². The monoisotopic (exact) mass is 606 g/mol. The van der Waals surface area contributed by atoms with Gasteiger partial charge in [-0.15, -0.1) is 0 Å². The third-order valence-corrected chi connectivity index (χ3v) is 7.58. The Bertz CT molecular complexity index is 1580. The lowest BCUT2D eigenvalue weighted by molar-refractivity contribution is -0.142. The van der Waals surface area contributed by atoms with E-state index in [2.05, 4.69) is 0 Å². The molecule has 2 N–H and O–H groups in total. The van der Waals surface area contributed by atoms with Crippen LogP contribution >= 0.6 is 0 Å². The summed E-state index contributed by atoms with van der Waals surface area (Å²) in [6.07, 6.45) is -7.55. The molecule has 0 bridgehead atoms. The van der Waals surface area contributed by atoms with Crippen molar-refractivity contribution in [3.8, 4) is 33.8 Å². The average molecular weight is 607 g/mol. The molecule has 5 aromatic rings. The number of hydrogen-bond donors (Lipinski definition) is 2. The van der Waals surface area contributed by atoms with E-state index in [9.17, 15) is 36.6 Å². The smallest absolute Gasteiger partial charge is 0.417 e. The first-order valence-electron chi connectivity index (χ1n) is 13.9. The van der Waals surface area contributed by atoms with Gasteiger partial charge >= 0.3 is 12.4 Å². The van der Waals surface area contributed by atoms with Crippen molar-refractivity contribution in [2.45, 2.75) is 38.0 Å². The lowest BCUT2D eigenvalue weighted by atomic mass is 9.89. The molecule has 0 atom stereocenters. The van der Waals surface area contributed by atoms with Gasteiger partial charge in [-0.2, -0.15) is 26.3 Å². The van der Waals surface area contributed by atoms with Crippen molar-refractivity contribution in [3.05, 3.63) is 143 Å². The van der Waals surface area contributed by atoms with Crippen molar-refractivity contribution in [2.24, 2.45) is 0 Å².